The van der Waals surface area contributed by atoms with Crippen LogP contribution in [0.4, 0.5) is 26.0 Å². The number of aryl methyl sites for hydroxylation is 1. The summed E-state index contributed by atoms with van der Waals surface area (Å²) in [6, 6.07) is 1.84. The quantitative estimate of drug-likeness (QED) is 0.534. The molecule has 0 spiro atoms. The number of hydrogen-bond donors (Lipinski definition) is 1. The second-order valence-electron chi connectivity index (χ2n) is 3.84. The van der Waals surface area contributed by atoms with Crippen LogP contribution in [0.5, 0.6) is 0 Å². The zero-order chi connectivity index (χ0) is 14.9. The van der Waals surface area contributed by atoms with Crippen LogP contribution < -0.4 is 5.32 Å². The molecular formula is C11H7ClF2N4O2. The van der Waals surface area contributed by atoms with E-state index in [0.29, 0.717) is 0 Å². The van der Waals surface area contributed by atoms with Crippen LogP contribution in [0.2, 0.25) is 5.28 Å². The van der Waals surface area contributed by atoms with Crippen molar-refractivity contribution in [2.24, 2.45) is 0 Å². The van der Waals surface area contributed by atoms with E-state index in [2.05, 4.69) is 15.3 Å². The molecule has 0 atom stereocenters. The summed E-state index contributed by atoms with van der Waals surface area (Å²) < 4.78 is 27.1. The first-order valence-corrected chi connectivity index (χ1v) is 5.66. The molecule has 0 aliphatic heterocycles. The van der Waals surface area contributed by atoms with E-state index < -0.39 is 22.2 Å². The summed E-state index contributed by atoms with van der Waals surface area (Å²) in [4.78, 5) is 17.1. The van der Waals surface area contributed by atoms with Crippen LogP contribution in [0.25, 0.3) is 0 Å². The fraction of sp³-hybridized carbons (Fsp3) is 0.0909. The van der Waals surface area contributed by atoms with Gasteiger partial charge in [0.1, 0.15) is 17.8 Å². The molecule has 0 saturated carbocycles. The van der Waals surface area contributed by atoms with Crippen molar-refractivity contribution in [1.82, 2.24) is 9.97 Å². The molecule has 0 unspecified atom stereocenters. The molecule has 20 heavy (non-hydrogen) atoms. The zero-order valence-electron chi connectivity index (χ0n) is 10.0. The number of aromatic nitrogens is 2. The first kappa shape index (κ1) is 14.1. The Morgan fingerprint density at radius 1 is 1.35 bits per heavy atom. The van der Waals surface area contributed by atoms with Crippen LogP contribution in [0, 0.1) is 28.7 Å². The summed E-state index contributed by atoms with van der Waals surface area (Å²) in [6.07, 6.45) is 0.875. The largest absolute Gasteiger partial charge is 0.332 e. The van der Waals surface area contributed by atoms with E-state index in [0.717, 1.165) is 18.3 Å². The van der Waals surface area contributed by atoms with Crippen LogP contribution in [-0.4, -0.2) is 14.9 Å². The molecule has 0 amide bonds. The summed E-state index contributed by atoms with van der Waals surface area (Å²) in [5.74, 6) is -1.75. The van der Waals surface area contributed by atoms with E-state index in [1.54, 1.807) is 0 Å². The van der Waals surface area contributed by atoms with E-state index in [9.17, 15) is 18.9 Å². The van der Waals surface area contributed by atoms with Gasteiger partial charge in [-0.3, -0.25) is 10.1 Å². The molecule has 9 heteroatoms. The van der Waals surface area contributed by atoms with Gasteiger partial charge in [-0.2, -0.15) is 4.98 Å². The molecule has 1 aromatic heterocycles. The Bertz CT molecular complexity index is 696. The molecule has 1 aromatic carbocycles. The van der Waals surface area contributed by atoms with Gasteiger partial charge in [-0.15, -0.1) is 0 Å². The molecule has 0 aliphatic carbocycles. The molecule has 2 rings (SSSR count). The minimum absolute atomic E-state index is 0.114. The Morgan fingerprint density at radius 3 is 2.70 bits per heavy atom. The number of hydrogen-bond acceptors (Lipinski definition) is 5. The van der Waals surface area contributed by atoms with Gasteiger partial charge in [0.05, 0.1) is 10.6 Å². The lowest BCUT2D eigenvalue weighted by atomic mass is 10.2. The van der Waals surface area contributed by atoms with Crippen LogP contribution in [0.3, 0.4) is 0 Å². The average molecular weight is 301 g/mol. The highest BCUT2D eigenvalue weighted by Gasteiger charge is 2.19. The summed E-state index contributed by atoms with van der Waals surface area (Å²) in [7, 11) is 0. The SMILES string of the molecule is Cc1cc(F)c(Nc2nc(Cl)ncc2[N+](=O)[O-])cc1F. The zero-order valence-corrected chi connectivity index (χ0v) is 10.8. The normalized spacial score (nSPS) is 10.4. The first-order chi connectivity index (χ1) is 9.38. The Balaban J connectivity index is 2.47. The van der Waals surface area contributed by atoms with Crippen molar-refractivity contribution in [3.05, 3.63) is 50.9 Å². The molecular weight excluding hydrogens is 294 g/mol. The van der Waals surface area contributed by atoms with Crippen molar-refractivity contribution >= 4 is 28.8 Å². The number of nitrogens with one attached hydrogen (secondary N) is 1. The van der Waals surface area contributed by atoms with Gasteiger partial charge in [0.25, 0.3) is 0 Å². The van der Waals surface area contributed by atoms with Gasteiger partial charge in [0.2, 0.25) is 11.1 Å². The van der Waals surface area contributed by atoms with Gasteiger partial charge in [0, 0.05) is 6.07 Å². The van der Waals surface area contributed by atoms with Crippen LogP contribution in [-0.2, 0) is 0 Å². The Labute approximate surface area is 116 Å². The van der Waals surface area contributed by atoms with Gasteiger partial charge in [-0.1, -0.05) is 0 Å². The van der Waals surface area contributed by atoms with Crippen molar-refractivity contribution in [2.75, 3.05) is 5.32 Å². The van der Waals surface area contributed by atoms with Gasteiger partial charge < -0.3 is 5.32 Å². The number of nitrogens with zero attached hydrogens (tertiary/aromatic N) is 3. The predicted octanol–water partition coefficient (Wildman–Crippen LogP) is 3.37. The fourth-order valence-electron chi connectivity index (χ4n) is 1.45. The van der Waals surface area contributed by atoms with Crippen molar-refractivity contribution in [1.29, 1.82) is 0 Å². The third kappa shape index (κ3) is 2.80. The van der Waals surface area contributed by atoms with Crippen LogP contribution >= 0.6 is 11.6 Å². The van der Waals surface area contributed by atoms with Gasteiger partial charge in [-0.25, -0.2) is 13.8 Å². The molecule has 0 fully saturated rings. The maximum absolute atomic E-state index is 13.7. The second-order valence-corrected chi connectivity index (χ2v) is 4.17. The maximum Gasteiger partial charge on any atom is 0.329 e. The molecule has 1 heterocycles. The highest BCUT2D eigenvalue weighted by atomic mass is 35.5. The number of nitro groups is 1. The van der Waals surface area contributed by atoms with Gasteiger partial charge >= 0.3 is 5.69 Å². The van der Waals surface area contributed by atoms with Gasteiger partial charge in [0.15, 0.2) is 0 Å². The smallest absolute Gasteiger partial charge is 0.329 e. The van der Waals surface area contributed by atoms with E-state index in [1.165, 1.54) is 6.92 Å². The maximum atomic E-state index is 13.7. The lowest BCUT2D eigenvalue weighted by Gasteiger charge is -2.08. The summed E-state index contributed by atoms with van der Waals surface area (Å²) >= 11 is 5.53. The molecule has 0 radical (unpaired) electrons. The molecule has 0 bridgehead atoms. The summed E-state index contributed by atoms with van der Waals surface area (Å²) in [5.41, 5.74) is -0.677. The first-order valence-electron chi connectivity index (χ1n) is 5.28. The third-order valence-corrected chi connectivity index (χ3v) is 2.62. The molecule has 0 saturated heterocycles. The second kappa shape index (κ2) is 5.33. The number of halogens is 3. The van der Waals surface area contributed by atoms with Crippen molar-refractivity contribution in [3.63, 3.8) is 0 Å². The van der Waals surface area contributed by atoms with Crippen molar-refractivity contribution in [2.45, 2.75) is 6.92 Å². The molecule has 104 valence electrons. The summed E-state index contributed by atoms with van der Waals surface area (Å²) in [5, 5.41) is 12.9. The molecule has 1 N–H and O–H groups in total. The standard InChI is InChI=1S/C11H7ClF2N4O2/c1-5-2-7(14)8(3-6(5)13)16-10-9(18(19)20)4-15-11(12)17-10/h2-4H,1H3,(H,15,16,17). The Hall–Kier alpha value is -2.35. The molecule has 6 nitrogen and oxygen atoms in total. The number of anilines is 2. The topological polar surface area (TPSA) is 81.0 Å². The summed E-state index contributed by atoms with van der Waals surface area (Å²) in [6.45, 7) is 1.40. The van der Waals surface area contributed by atoms with E-state index in [4.69, 9.17) is 11.6 Å². The highest BCUT2D eigenvalue weighted by Crippen LogP contribution is 2.28. The number of rotatable bonds is 3. The van der Waals surface area contributed by atoms with E-state index in [-0.39, 0.29) is 22.4 Å². The van der Waals surface area contributed by atoms with Gasteiger partial charge in [-0.05, 0) is 30.2 Å². The fourth-order valence-corrected chi connectivity index (χ4v) is 1.58. The van der Waals surface area contributed by atoms with E-state index in [1.807, 2.05) is 0 Å². The lowest BCUT2D eigenvalue weighted by Crippen LogP contribution is -2.03. The minimum Gasteiger partial charge on any atom is -0.332 e. The monoisotopic (exact) mass is 300 g/mol. The Morgan fingerprint density at radius 2 is 2.05 bits per heavy atom. The average Bonchev–Trinajstić information content (AvgIpc) is 2.35. The predicted molar refractivity (Wildman–Crippen MR) is 68.1 cm³/mol. The van der Waals surface area contributed by atoms with Crippen molar-refractivity contribution < 1.29 is 13.7 Å². The Kier molecular flexibility index (Phi) is 3.75. The third-order valence-electron chi connectivity index (χ3n) is 2.44. The highest BCUT2D eigenvalue weighted by molar-refractivity contribution is 6.28. The van der Waals surface area contributed by atoms with E-state index >= 15 is 0 Å². The minimum atomic E-state index is -0.770. The van der Waals surface area contributed by atoms with Crippen LogP contribution in [0.15, 0.2) is 18.3 Å². The molecule has 2 aromatic rings. The van der Waals surface area contributed by atoms with Crippen LogP contribution in [0.1, 0.15) is 5.56 Å². The van der Waals surface area contributed by atoms with Crippen molar-refractivity contribution in [3.8, 4) is 0 Å². The number of benzene rings is 1. The lowest BCUT2D eigenvalue weighted by molar-refractivity contribution is -0.384. The molecule has 0 aliphatic rings.